The number of esters is 1. The van der Waals surface area contributed by atoms with E-state index in [0.29, 0.717) is 13.0 Å². The first-order valence-corrected chi connectivity index (χ1v) is 20.1. The van der Waals surface area contributed by atoms with Crippen molar-refractivity contribution in [2.45, 2.75) is 178 Å². The van der Waals surface area contributed by atoms with E-state index in [4.69, 9.17) is 28.4 Å². The van der Waals surface area contributed by atoms with Gasteiger partial charge in [0.2, 0.25) is 0 Å². The lowest BCUT2D eigenvalue weighted by atomic mass is 9.98. The molecule has 2 saturated heterocycles. The van der Waals surface area contributed by atoms with Crippen LogP contribution in [0.15, 0.2) is 36.5 Å². The topological polar surface area (TPSA) is 214 Å². The molecule has 2 aliphatic heterocycles. The average molecular weight is 775 g/mol. The van der Waals surface area contributed by atoms with Crippen molar-refractivity contribution in [2.75, 3.05) is 33.0 Å². The normalized spacial score (nSPS) is 29.8. The molecule has 11 unspecified atom stereocenters. The van der Waals surface area contributed by atoms with E-state index >= 15 is 0 Å². The van der Waals surface area contributed by atoms with Gasteiger partial charge in [-0.2, -0.15) is 0 Å². The summed E-state index contributed by atoms with van der Waals surface area (Å²) in [6.07, 6.45) is 12.2. The van der Waals surface area contributed by atoms with Gasteiger partial charge in [-0.25, -0.2) is 0 Å². The molecule has 2 aliphatic rings. The number of rotatable bonds is 29. The number of hydrogen-bond donors (Lipinski definition) is 7. The molecular weight excluding hydrogens is 704 g/mol. The lowest BCUT2D eigenvalue weighted by Crippen LogP contribution is -2.61. The summed E-state index contributed by atoms with van der Waals surface area (Å²) in [5.74, 6) is -0.417. The molecule has 0 bridgehead atoms. The van der Waals surface area contributed by atoms with E-state index in [2.05, 4.69) is 43.4 Å². The predicted octanol–water partition coefficient (Wildman–Crippen LogP) is 3.12. The lowest BCUT2D eigenvalue weighted by molar-refractivity contribution is -0.332. The van der Waals surface area contributed by atoms with Gasteiger partial charge in [-0.3, -0.25) is 4.79 Å². The van der Waals surface area contributed by atoms with E-state index in [1.54, 1.807) is 0 Å². The zero-order valence-corrected chi connectivity index (χ0v) is 32.4. The van der Waals surface area contributed by atoms with Crippen LogP contribution < -0.4 is 0 Å². The third-order valence-corrected chi connectivity index (χ3v) is 9.41. The van der Waals surface area contributed by atoms with Crippen LogP contribution >= 0.6 is 0 Å². The molecule has 0 aromatic heterocycles. The van der Waals surface area contributed by atoms with E-state index in [0.717, 1.165) is 51.4 Å². The Morgan fingerprint density at radius 1 is 0.630 bits per heavy atom. The second-order valence-corrected chi connectivity index (χ2v) is 14.1. The van der Waals surface area contributed by atoms with E-state index in [9.17, 15) is 40.5 Å². The fourth-order valence-corrected chi connectivity index (χ4v) is 6.04. The average Bonchev–Trinajstić information content (AvgIpc) is 3.17. The second kappa shape index (κ2) is 29.5. The van der Waals surface area contributed by atoms with Crippen molar-refractivity contribution in [3.8, 4) is 0 Å². The number of unbranched alkanes of at least 4 members (excludes halogenated alkanes) is 9. The molecule has 2 fully saturated rings. The van der Waals surface area contributed by atoms with Gasteiger partial charge in [0.1, 0.15) is 54.9 Å². The first kappa shape index (κ1) is 48.4. The van der Waals surface area contributed by atoms with Gasteiger partial charge in [-0.05, 0) is 44.9 Å². The number of hydrogen-bond acceptors (Lipinski definition) is 14. The van der Waals surface area contributed by atoms with Crippen molar-refractivity contribution in [3.63, 3.8) is 0 Å². The molecule has 7 N–H and O–H groups in total. The number of aliphatic hydroxyl groups excluding tert-OH is 7. The summed E-state index contributed by atoms with van der Waals surface area (Å²) < 4.78 is 33.6. The number of carbonyl (C=O) groups excluding carboxylic acids is 1. The number of carbonyl (C=O) groups is 1. The quantitative estimate of drug-likeness (QED) is 0.0331. The molecule has 54 heavy (non-hydrogen) atoms. The van der Waals surface area contributed by atoms with E-state index in [1.807, 2.05) is 6.92 Å². The summed E-state index contributed by atoms with van der Waals surface area (Å²) in [6, 6.07) is 0. The maximum absolute atomic E-state index is 12.4. The minimum absolute atomic E-state index is 0.0521. The number of ether oxygens (including phenoxy) is 6. The Kier molecular flexibility index (Phi) is 26.4. The Balaban J connectivity index is 1.70. The van der Waals surface area contributed by atoms with Gasteiger partial charge < -0.3 is 64.2 Å². The van der Waals surface area contributed by atoms with Crippen LogP contribution in [0, 0.1) is 0 Å². The Hall–Kier alpha value is -1.79. The van der Waals surface area contributed by atoms with Crippen LogP contribution in [0.5, 0.6) is 0 Å². The monoisotopic (exact) mass is 774 g/mol. The van der Waals surface area contributed by atoms with Crippen LogP contribution in [-0.2, 0) is 33.2 Å². The van der Waals surface area contributed by atoms with Crippen molar-refractivity contribution in [1.29, 1.82) is 0 Å². The molecule has 0 spiro atoms. The standard InChI is InChI=1S/C40H70O14/c1-3-5-7-8-9-10-11-12-13-14-15-16-17-18-19-20-21-22-24-49-26-29(52-32(42)23-6-4-2)27-50-39-38(48)36(46)34(44)31(54-39)28-51-40-37(47)35(45)33(43)30(25-41)53-40/h5,7,9-10,12-13,29-31,33-41,43-48H,3-4,6,8,11,14-28H2,1-2H3/b7-5-,10-9-,13-12-. The maximum atomic E-state index is 12.4. The molecule has 0 amide bonds. The Morgan fingerprint density at radius 2 is 1.19 bits per heavy atom. The molecule has 14 heteroatoms. The van der Waals surface area contributed by atoms with E-state index in [-0.39, 0.29) is 19.6 Å². The van der Waals surface area contributed by atoms with Gasteiger partial charge in [0.25, 0.3) is 0 Å². The highest BCUT2D eigenvalue weighted by Gasteiger charge is 2.47. The van der Waals surface area contributed by atoms with Crippen LogP contribution in [0.3, 0.4) is 0 Å². The molecule has 2 heterocycles. The Labute approximate surface area is 321 Å². The van der Waals surface area contributed by atoms with Gasteiger partial charge in [-0.1, -0.05) is 95.2 Å². The van der Waals surface area contributed by atoms with Crippen molar-refractivity contribution in [3.05, 3.63) is 36.5 Å². The van der Waals surface area contributed by atoms with Crippen molar-refractivity contribution >= 4 is 5.97 Å². The highest BCUT2D eigenvalue weighted by Crippen LogP contribution is 2.26. The van der Waals surface area contributed by atoms with Crippen LogP contribution in [0.1, 0.15) is 110 Å². The minimum Gasteiger partial charge on any atom is -0.457 e. The van der Waals surface area contributed by atoms with Gasteiger partial charge in [0.15, 0.2) is 12.6 Å². The molecule has 14 nitrogen and oxygen atoms in total. The zero-order chi connectivity index (χ0) is 39.6. The summed E-state index contributed by atoms with van der Waals surface area (Å²) in [7, 11) is 0. The molecule has 0 radical (unpaired) electrons. The first-order chi connectivity index (χ1) is 26.1. The lowest BCUT2D eigenvalue weighted by Gasteiger charge is -2.42. The fraction of sp³-hybridized carbons (Fsp3) is 0.825. The molecular formula is C40H70O14. The molecule has 314 valence electrons. The molecule has 11 atom stereocenters. The number of allylic oxidation sites excluding steroid dienone is 6. The summed E-state index contributed by atoms with van der Waals surface area (Å²) in [4.78, 5) is 12.4. The third-order valence-electron chi connectivity index (χ3n) is 9.41. The molecule has 0 aliphatic carbocycles. The van der Waals surface area contributed by atoms with Gasteiger partial charge in [-0.15, -0.1) is 0 Å². The SMILES string of the molecule is CC/C=C\C/C=C\C/C=C\CCCCCCCCCCOCC(COC1OC(COC2OC(CO)C(O)C(O)C2O)C(O)C(O)C1O)OC(=O)CCCC. The van der Waals surface area contributed by atoms with Crippen LogP contribution in [0.4, 0.5) is 0 Å². The summed E-state index contributed by atoms with van der Waals surface area (Å²) in [5, 5.41) is 71.3. The summed E-state index contributed by atoms with van der Waals surface area (Å²) in [6.45, 7) is 3.26. The van der Waals surface area contributed by atoms with E-state index < -0.39 is 86.7 Å². The fourth-order valence-electron chi connectivity index (χ4n) is 6.04. The van der Waals surface area contributed by atoms with Gasteiger partial charge >= 0.3 is 5.97 Å². The molecule has 2 rings (SSSR count). The Bertz CT molecular complexity index is 1040. The van der Waals surface area contributed by atoms with Gasteiger partial charge in [0.05, 0.1) is 26.4 Å². The molecule has 0 aromatic rings. The van der Waals surface area contributed by atoms with Crippen molar-refractivity contribution in [1.82, 2.24) is 0 Å². The molecule has 0 saturated carbocycles. The van der Waals surface area contributed by atoms with Crippen LogP contribution in [0.25, 0.3) is 0 Å². The molecule has 0 aromatic carbocycles. The highest BCUT2D eigenvalue weighted by atomic mass is 16.7. The van der Waals surface area contributed by atoms with E-state index in [1.165, 1.54) is 32.1 Å². The number of aliphatic hydroxyl groups is 7. The summed E-state index contributed by atoms with van der Waals surface area (Å²) >= 11 is 0. The predicted molar refractivity (Wildman–Crippen MR) is 201 cm³/mol. The highest BCUT2D eigenvalue weighted by molar-refractivity contribution is 5.69. The first-order valence-electron chi connectivity index (χ1n) is 20.1. The van der Waals surface area contributed by atoms with Gasteiger partial charge in [0, 0.05) is 13.0 Å². The van der Waals surface area contributed by atoms with Crippen molar-refractivity contribution < 1.29 is 69.0 Å². The van der Waals surface area contributed by atoms with Crippen LogP contribution in [-0.4, -0.2) is 142 Å². The van der Waals surface area contributed by atoms with Crippen molar-refractivity contribution in [2.24, 2.45) is 0 Å². The second-order valence-electron chi connectivity index (χ2n) is 14.1. The zero-order valence-electron chi connectivity index (χ0n) is 32.4. The minimum atomic E-state index is -1.70. The Morgan fingerprint density at radius 3 is 1.81 bits per heavy atom. The van der Waals surface area contributed by atoms with Crippen LogP contribution in [0.2, 0.25) is 0 Å². The largest absolute Gasteiger partial charge is 0.457 e. The smallest absolute Gasteiger partial charge is 0.306 e. The summed E-state index contributed by atoms with van der Waals surface area (Å²) in [5.41, 5.74) is 0. The third kappa shape index (κ3) is 18.9. The maximum Gasteiger partial charge on any atom is 0.306 e.